The predicted octanol–water partition coefficient (Wildman–Crippen LogP) is 2.72. The molecular weight excluding hydrogens is 316 g/mol. The van der Waals surface area contributed by atoms with Crippen LogP contribution in [0.3, 0.4) is 0 Å². The highest BCUT2D eigenvalue weighted by atomic mass is 16.5. The van der Waals surface area contributed by atoms with E-state index >= 15 is 0 Å². The summed E-state index contributed by atoms with van der Waals surface area (Å²) in [6, 6.07) is 17.5. The highest BCUT2D eigenvalue weighted by Crippen LogP contribution is 2.18. The summed E-state index contributed by atoms with van der Waals surface area (Å²) < 4.78 is 11.0. The standard InChI is InChI=1S/C20H24N2O3/c1-24-18-9-5-6-16(14-18)20(23)21-11-10-19-15-22(12-13-25-19)17-7-3-2-4-8-17/h2-9,14,19H,10-13,15H2,1H3,(H,21,23). The quantitative estimate of drug-likeness (QED) is 0.878. The number of hydrogen-bond acceptors (Lipinski definition) is 4. The Kier molecular flexibility index (Phi) is 5.90. The first-order valence-electron chi connectivity index (χ1n) is 8.60. The molecule has 0 saturated carbocycles. The fourth-order valence-electron chi connectivity index (χ4n) is 2.98. The normalized spacial score (nSPS) is 17.2. The SMILES string of the molecule is COc1cccc(C(=O)NCCC2CN(c3ccccc3)CCO2)c1. The predicted molar refractivity (Wildman–Crippen MR) is 98.3 cm³/mol. The van der Waals surface area contributed by atoms with Gasteiger partial charge in [-0.05, 0) is 36.8 Å². The summed E-state index contributed by atoms with van der Waals surface area (Å²) in [6.07, 6.45) is 0.915. The van der Waals surface area contributed by atoms with E-state index in [4.69, 9.17) is 9.47 Å². The Morgan fingerprint density at radius 3 is 2.88 bits per heavy atom. The number of hydrogen-bond donors (Lipinski definition) is 1. The number of para-hydroxylation sites is 1. The molecule has 25 heavy (non-hydrogen) atoms. The number of amides is 1. The Morgan fingerprint density at radius 1 is 1.24 bits per heavy atom. The lowest BCUT2D eigenvalue weighted by molar-refractivity contribution is 0.0354. The fourth-order valence-corrected chi connectivity index (χ4v) is 2.98. The van der Waals surface area contributed by atoms with Gasteiger partial charge in [0.1, 0.15) is 5.75 Å². The molecule has 1 atom stereocenters. The van der Waals surface area contributed by atoms with Crippen LogP contribution in [0.5, 0.6) is 5.75 Å². The van der Waals surface area contributed by atoms with Crippen molar-refractivity contribution in [3.8, 4) is 5.75 Å². The average Bonchev–Trinajstić information content (AvgIpc) is 2.69. The van der Waals surface area contributed by atoms with E-state index in [9.17, 15) is 4.79 Å². The van der Waals surface area contributed by atoms with Crippen LogP contribution in [0.15, 0.2) is 54.6 Å². The van der Waals surface area contributed by atoms with Crippen molar-refractivity contribution in [1.82, 2.24) is 5.32 Å². The molecule has 2 aromatic rings. The van der Waals surface area contributed by atoms with Gasteiger partial charge in [0.05, 0.1) is 19.8 Å². The molecule has 1 saturated heterocycles. The lowest BCUT2D eigenvalue weighted by Crippen LogP contribution is -2.43. The summed E-state index contributed by atoms with van der Waals surface area (Å²) in [5, 5.41) is 2.96. The number of rotatable bonds is 6. The first-order valence-corrected chi connectivity index (χ1v) is 8.60. The van der Waals surface area contributed by atoms with Gasteiger partial charge in [0.2, 0.25) is 0 Å². The molecule has 1 N–H and O–H groups in total. The molecule has 1 aliphatic heterocycles. The molecule has 0 spiro atoms. The summed E-state index contributed by atoms with van der Waals surface area (Å²) in [5.74, 6) is 0.594. The van der Waals surface area contributed by atoms with Gasteiger partial charge in [-0.15, -0.1) is 0 Å². The lowest BCUT2D eigenvalue weighted by Gasteiger charge is -2.34. The fraction of sp³-hybridized carbons (Fsp3) is 0.350. The molecule has 0 bridgehead atoms. The van der Waals surface area contributed by atoms with Crippen LogP contribution < -0.4 is 15.0 Å². The van der Waals surface area contributed by atoms with E-state index in [0.29, 0.717) is 24.5 Å². The molecule has 1 amide bonds. The van der Waals surface area contributed by atoms with Gasteiger partial charge in [-0.2, -0.15) is 0 Å². The molecule has 3 rings (SSSR count). The average molecular weight is 340 g/mol. The lowest BCUT2D eigenvalue weighted by atomic mass is 10.1. The van der Waals surface area contributed by atoms with Crippen molar-refractivity contribution < 1.29 is 14.3 Å². The number of anilines is 1. The molecule has 132 valence electrons. The summed E-state index contributed by atoms with van der Waals surface area (Å²) >= 11 is 0. The number of nitrogens with one attached hydrogen (secondary N) is 1. The highest BCUT2D eigenvalue weighted by molar-refractivity contribution is 5.94. The van der Waals surface area contributed by atoms with Crippen LogP contribution in [-0.2, 0) is 4.74 Å². The summed E-state index contributed by atoms with van der Waals surface area (Å²) in [4.78, 5) is 14.6. The minimum atomic E-state index is -0.0883. The molecule has 5 nitrogen and oxygen atoms in total. The second kappa shape index (κ2) is 8.53. The van der Waals surface area contributed by atoms with Crippen LogP contribution >= 0.6 is 0 Å². The molecule has 5 heteroatoms. The molecule has 2 aromatic carbocycles. The maximum Gasteiger partial charge on any atom is 0.251 e. The largest absolute Gasteiger partial charge is 0.497 e. The summed E-state index contributed by atoms with van der Waals surface area (Å²) in [5.41, 5.74) is 1.83. The number of carbonyl (C=O) groups is 1. The van der Waals surface area contributed by atoms with E-state index in [0.717, 1.165) is 19.5 Å². The van der Waals surface area contributed by atoms with Crippen LogP contribution in [-0.4, -0.2) is 45.4 Å². The van der Waals surface area contributed by atoms with E-state index < -0.39 is 0 Å². The third-order valence-electron chi connectivity index (χ3n) is 4.34. The van der Waals surface area contributed by atoms with Crippen molar-refractivity contribution in [2.45, 2.75) is 12.5 Å². The van der Waals surface area contributed by atoms with Crippen LogP contribution in [0.2, 0.25) is 0 Å². The van der Waals surface area contributed by atoms with E-state index in [1.54, 1.807) is 19.2 Å². The maximum atomic E-state index is 12.2. The van der Waals surface area contributed by atoms with Crippen molar-refractivity contribution >= 4 is 11.6 Å². The zero-order valence-electron chi connectivity index (χ0n) is 14.5. The zero-order valence-corrected chi connectivity index (χ0v) is 14.5. The number of nitrogens with zero attached hydrogens (tertiary/aromatic N) is 1. The molecule has 0 radical (unpaired) electrons. The second-order valence-electron chi connectivity index (χ2n) is 6.05. The first kappa shape index (κ1) is 17.3. The van der Waals surface area contributed by atoms with Crippen molar-refractivity contribution in [2.24, 2.45) is 0 Å². The van der Waals surface area contributed by atoms with Gasteiger partial charge in [0, 0.05) is 30.9 Å². The van der Waals surface area contributed by atoms with Gasteiger partial charge < -0.3 is 19.7 Å². The highest BCUT2D eigenvalue weighted by Gasteiger charge is 2.20. The minimum absolute atomic E-state index is 0.0883. The molecule has 0 aromatic heterocycles. The van der Waals surface area contributed by atoms with Crippen LogP contribution in [0, 0.1) is 0 Å². The van der Waals surface area contributed by atoms with Crippen LogP contribution in [0.4, 0.5) is 5.69 Å². The Balaban J connectivity index is 1.47. The van der Waals surface area contributed by atoms with Crippen molar-refractivity contribution in [1.29, 1.82) is 0 Å². The van der Waals surface area contributed by atoms with Gasteiger partial charge >= 0.3 is 0 Å². The third kappa shape index (κ3) is 4.73. The van der Waals surface area contributed by atoms with Gasteiger partial charge in [0.15, 0.2) is 0 Å². The first-order chi connectivity index (χ1) is 12.3. The number of benzene rings is 2. The second-order valence-corrected chi connectivity index (χ2v) is 6.05. The smallest absolute Gasteiger partial charge is 0.251 e. The van der Waals surface area contributed by atoms with Gasteiger partial charge in [-0.3, -0.25) is 4.79 Å². The van der Waals surface area contributed by atoms with E-state index in [1.807, 2.05) is 30.3 Å². The molecule has 1 fully saturated rings. The minimum Gasteiger partial charge on any atom is -0.497 e. The third-order valence-corrected chi connectivity index (χ3v) is 4.34. The zero-order chi connectivity index (χ0) is 17.5. The molecule has 1 unspecified atom stereocenters. The van der Waals surface area contributed by atoms with Gasteiger partial charge in [-0.25, -0.2) is 0 Å². The van der Waals surface area contributed by atoms with E-state index in [2.05, 4.69) is 22.3 Å². The molecule has 1 heterocycles. The molecule has 0 aliphatic carbocycles. The van der Waals surface area contributed by atoms with Gasteiger partial charge in [-0.1, -0.05) is 24.3 Å². The topological polar surface area (TPSA) is 50.8 Å². The number of methoxy groups -OCH3 is 1. The number of carbonyl (C=O) groups excluding carboxylic acids is 1. The number of ether oxygens (including phenoxy) is 2. The van der Waals surface area contributed by atoms with Crippen molar-refractivity contribution in [3.63, 3.8) is 0 Å². The molecule has 1 aliphatic rings. The Bertz CT molecular complexity index is 690. The summed E-state index contributed by atoms with van der Waals surface area (Å²) in [7, 11) is 1.59. The van der Waals surface area contributed by atoms with Crippen molar-refractivity contribution in [2.75, 3.05) is 38.3 Å². The Labute approximate surface area is 148 Å². The van der Waals surface area contributed by atoms with Crippen molar-refractivity contribution in [3.05, 3.63) is 60.2 Å². The van der Waals surface area contributed by atoms with E-state index in [1.165, 1.54) is 5.69 Å². The summed E-state index contributed by atoms with van der Waals surface area (Å²) in [6.45, 7) is 3.04. The van der Waals surface area contributed by atoms with E-state index in [-0.39, 0.29) is 12.0 Å². The Morgan fingerprint density at radius 2 is 2.08 bits per heavy atom. The monoisotopic (exact) mass is 340 g/mol. The Hall–Kier alpha value is -2.53. The number of morpholine rings is 1. The van der Waals surface area contributed by atoms with Gasteiger partial charge in [0.25, 0.3) is 5.91 Å². The van der Waals surface area contributed by atoms with Crippen LogP contribution in [0.1, 0.15) is 16.8 Å². The van der Waals surface area contributed by atoms with Crippen LogP contribution in [0.25, 0.3) is 0 Å². The molecular formula is C20H24N2O3. The maximum absolute atomic E-state index is 12.2.